The van der Waals surface area contributed by atoms with Crippen molar-refractivity contribution in [2.45, 2.75) is 37.8 Å². The van der Waals surface area contributed by atoms with Crippen LogP contribution in [0.2, 0.25) is 0 Å². The van der Waals surface area contributed by atoms with Crippen LogP contribution in [-0.2, 0) is 22.1 Å². The van der Waals surface area contributed by atoms with Crippen LogP contribution >= 0.6 is 0 Å². The van der Waals surface area contributed by atoms with Gasteiger partial charge in [0.15, 0.2) is 9.84 Å². The first-order chi connectivity index (χ1) is 7.69. The van der Waals surface area contributed by atoms with Crippen LogP contribution in [0.4, 0.5) is 4.39 Å². The average Bonchev–Trinajstić information content (AvgIpc) is 2.19. The lowest BCUT2D eigenvalue weighted by Crippen LogP contribution is -2.29. The lowest BCUT2D eigenvalue weighted by molar-refractivity contribution is 0.553. The Morgan fingerprint density at radius 3 is 2.24 bits per heavy atom. The molecule has 0 aliphatic carbocycles. The Bertz CT molecular complexity index is 504. The molecule has 0 fully saturated rings. The van der Waals surface area contributed by atoms with Gasteiger partial charge in [0, 0.05) is 17.7 Å². The van der Waals surface area contributed by atoms with Crippen molar-refractivity contribution in [3.05, 3.63) is 35.1 Å². The number of sulfone groups is 1. The van der Waals surface area contributed by atoms with Crippen LogP contribution in [0.5, 0.6) is 0 Å². The van der Waals surface area contributed by atoms with Gasteiger partial charge in [-0.1, -0.05) is 18.2 Å². The number of benzene rings is 1. The highest BCUT2D eigenvalue weighted by molar-refractivity contribution is 7.91. The van der Waals surface area contributed by atoms with E-state index in [0.717, 1.165) is 0 Å². The molecule has 0 amide bonds. The fraction of sp³-hybridized carbons (Fsp3) is 0.500. The predicted molar refractivity (Wildman–Crippen MR) is 66.7 cm³/mol. The second-order valence-corrected chi connectivity index (χ2v) is 7.71. The molecule has 0 radical (unpaired) electrons. The molecule has 0 aliphatic rings. The molecule has 0 saturated heterocycles. The molecule has 5 heteroatoms. The Balaban J connectivity index is 3.14. The first-order valence-corrected chi connectivity index (χ1v) is 7.03. The molecule has 0 aliphatic heterocycles. The fourth-order valence-corrected chi connectivity index (χ4v) is 2.39. The van der Waals surface area contributed by atoms with Crippen molar-refractivity contribution in [1.29, 1.82) is 0 Å². The van der Waals surface area contributed by atoms with Gasteiger partial charge in [-0.05, 0) is 20.8 Å². The van der Waals surface area contributed by atoms with E-state index in [9.17, 15) is 12.8 Å². The van der Waals surface area contributed by atoms with Crippen molar-refractivity contribution in [2.75, 3.05) is 0 Å². The Morgan fingerprint density at radius 1 is 1.24 bits per heavy atom. The average molecular weight is 259 g/mol. The molecule has 0 bridgehead atoms. The zero-order chi connectivity index (χ0) is 13.3. The summed E-state index contributed by atoms with van der Waals surface area (Å²) in [6, 6.07) is 4.67. The normalized spacial score (nSPS) is 12.8. The van der Waals surface area contributed by atoms with E-state index >= 15 is 0 Å². The topological polar surface area (TPSA) is 60.2 Å². The summed E-state index contributed by atoms with van der Waals surface area (Å²) in [5.74, 6) is -0.807. The van der Waals surface area contributed by atoms with E-state index in [1.807, 2.05) is 0 Å². The van der Waals surface area contributed by atoms with Gasteiger partial charge >= 0.3 is 0 Å². The summed E-state index contributed by atoms with van der Waals surface area (Å²) in [4.78, 5) is 0. The molecule has 1 aromatic rings. The monoisotopic (exact) mass is 259 g/mol. The zero-order valence-corrected chi connectivity index (χ0v) is 11.1. The fourth-order valence-electron chi connectivity index (χ4n) is 1.32. The minimum absolute atomic E-state index is 0.0647. The van der Waals surface area contributed by atoms with Gasteiger partial charge in [-0.3, -0.25) is 0 Å². The van der Waals surface area contributed by atoms with Crippen molar-refractivity contribution in [2.24, 2.45) is 5.73 Å². The van der Waals surface area contributed by atoms with Crippen molar-refractivity contribution in [3.8, 4) is 0 Å². The van der Waals surface area contributed by atoms with Crippen molar-refractivity contribution >= 4 is 9.84 Å². The van der Waals surface area contributed by atoms with E-state index in [4.69, 9.17) is 5.73 Å². The van der Waals surface area contributed by atoms with Crippen LogP contribution in [0, 0.1) is 5.82 Å². The van der Waals surface area contributed by atoms with E-state index in [-0.39, 0.29) is 17.9 Å². The molecule has 1 rings (SSSR count). The van der Waals surface area contributed by atoms with Crippen molar-refractivity contribution < 1.29 is 12.8 Å². The van der Waals surface area contributed by atoms with Gasteiger partial charge in [0.1, 0.15) is 5.82 Å². The largest absolute Gasteiger partial charge is 0.326 e. The van der Waals surface area contributed by atoms with E-state index in [1.54, 1.807) is 32.9 Å². The highest BCUT2D eigenvalue weighted by Crippen LogP contribution is 2.23. The highest BCUT2D eigenvalue weighted by atomic mass is 32.2. The summed E-state index contributed by atoms with van der Waals surface area (Å²) in [5.41, 5.74) is 5.90. The standard InChI is InChI=1S/C12H18FNO2S/c1-12(2,3)17(15,16)8-10-6-4-5-9(7-14)11(10)13/h4-6H,7-8,14H2,1-3H3. The highest BCUT2D eigenvalue weighted by Gasteiger charge is 2.30. The van der Waals surface area contributed by atoms with E-state index in [2.05, 4.69) is 0 Å². The van der Waals surface area contributed by atoms with Crippen LogP contribution in [0.15, 0.2) is 18.2 Å². The molecule has 0 atom stereocenters. The van der Waals surface area contributed by atoms with Crippen LogP contribution in [-0.4, -0.2) is 13.2 Å². The van der Waals surface area contributed by atoms with Crippen LogP contribution in [0.3, 0.4) is 0 Å². The number of halogens is 1. The Hall–Kier alpha value is -0.940. The summed E-state index contributed by atoms with van der Waals surface area (Å²) in [6.07, 6.45) is 0. The maximum Gasteiger partial charge on any atom is 0.159 e. The maximum atomic E-state index is 13.8. The third kappa shape index (κ3) is 3.04. The molecular formula is C12H18FNO2S. The molecular weight excluding hydrogens is 241 g/mol. The smallest absolute Gasteiger partial charge is 0.159 e. The summed E-state index contributed by atoms with van der Waals surface area (Å²) in [7, 11) is -3.38. The van der Waals surface area contributed by atoms with Gasteiger partial charge in [0.2, 0.25) is 0 Å². The third-order valence-electron chi connectivity index (χ3n) is 2.66. The number of hydrogen-bond donors (Lipinski definition) is 1. The molecule has 0 saturated carbocycles. The SMILES string of the molecule is CC(C)(C)S(=O)(=O)Cc1cccc(CN)c1F. The van der Waals surface area contributed by atoms with E-state index in [1.165, 1.54) is 6.07 Å². The summed E-state index contributed by atoms with van der Waals surface area (Å²) >= 11 is 0. The zero-order valence-electron chi connectivity index (χ0n) is 10.3. The number of hydrogen-bond acceptors (Lipinski definition) is 3. The minimum atomic E-state index is -3.38. The second kappa shape index (κ2) is 4.74. The van der Waals surface area contributed by atoms with Crippen LogP contribution in [0.1, 0.15) is 31.9 Å². The molecule has 0 unspecified atom stereocenters. The minimum Gasteiger partial charge on any atom is -0.326 e. The van der Waals surface area contributed by atoms with E-state index < -0.39 is 20.4 Å². The van der Waals surface area contributed by atoms with Crippen LogP contribution < -0.4 is 5.73 Å². The second-order valence-electron chi connectivity index (χ2n) is 4.97. The van der Waals surface area contributed by atoms with Gasteiger partial charge in [0.25, 0.3) is 0 Å². The number of nitrogens with two attached hydrogens (primary N) is 1. The van der Waals surface area contributed by atoms with E-state index in [0.29, 0.717) is 5.56 Å². The summed E-state index contributed by atoms with van der Waals surface area (Å²) in [5, 5.41) is 0. The van der Waals surface area contributed by atoms with Gasteiger partial charge in [0.05, 0.1) is 10.5 Å². The molecule has 2 N–H and O–H groups in total. The summed E-state index contributed by atoms with van der Waals surface area (Å²) in [6.45, 7) is 4.88. The number of rotatable bonds is 3. The maximum absolute atomic E-state index is 13.8. The Morgan fingerprint density at radius 2 is 1.76 bits per heavy atom. The van der Waals surface area contributed by atoms with Crippen molar-refractivity contribution in [1.82, 2.24) is 0 Å². The first-order valence-electron chi connectivity index (χ1n) is 5.37. The van der Waals surface area contributed by atoms with Gasteiger partial charge in [-0.2, -0.15) is 0 Å². The van der Waals surface area contributed by atoms with Crippen molar-refractivity contribution in [3.63, 3.8) is 0 Å². The third-order valence-corrected chi connectivity index (χ3v) is 5.21. The van der Waals surface area contributed by atoms with Crippen LogP contribution in [0.25, 0.3) is 0 Å². The molecule has 17 heavy (non-hydrogen) atoms. The quantitative estimate of drug-likeness (QED) is 0.903. The molecule has 0 spiro atoms. The predicted octanol–water partition coefficient (Wildman–Crippen LogP) is 2.00. The van der Waals surface area contributed by atoms with Gasteiger partial charge in [-0.25, -0.2) is 12.8 Å². The molecule has 0 aromatic heterocycles. The lowest BCUT2D eigenvalue weighted by Gasteiger charge is -2.19. The Kier molecular flexibility index (Phi) is 3.94. The molecule has 96 valence electrons. The van der Waals surface area contributed by atoms with Gasteiger partial charge < -0.3 is 5.73 Å². The molecule has 1 aromatic carbocycles. The lowest BCUT2D eigenvalue weighted by atomic mass is 10.1. The summed E-state index contributed by atoms with van der Waals surface area (Å²) < 4.78 is 36.9. The first kappa shape index (κ1) is 14.1. The molecule has 3 nitrogen and oxygen atoms in total. The molecule has 0 heterocycles. The van der Waals surface area contributed by atoms with Gasteiger partial charge in [-0.15, -0.1) is 0 Å². The Labute approximate surface area is 102 Å².